The molecule has 0 bridgehead atoms. The van der Waals surface area contributed by atoms with Gasteiger partial charge in [0.15, 0.2) is 0 Å². The van der Waals surface area contributed by atoms with Crippen molar-refractivity contribution in [3.63, 3.8) is 0 Å². The summed E-state index contributed by atoms with van der Waals surface area (Å²) in [6.45, 7) is 3.94. The second-order valence-electron chi connectivity index (χ2n) is 4.91. The van der Waals surface area contributed by atoms with Crippen LogP contribution in [0.25, 0.3) is 0 Å². The lowest BCUT2D eigenvalue weighted by atomic mass is 10.1. The van der Waals surface area contributed by atoms with Gasteiger partial charge in [-0.05, 0) is 43.7 Å². The molecule has 0 fully saturated rings. The minimum Gasteiger partial charge on any atom is -0.492 e. The average molecular weight is 369 g/mol. The van der Waals surface area contributed by atoms with Crippen molar-refractivity contribution >= 4 is 40.5 Å². The molecule has 0 saturated carbocycles. The Labute approximate surface area is 148 Å². The van der Waals surface area contributed by atoms with Gasteiger partial charge in [-0.3, -0.25) is 14.9 Å². The molecule has 126 valence electrons. The molecule has 8 heteroatoms. The molecule has 0 heterocycles. The molecule has 2 rings (SSSR count). The Bertz CT molecular complexity index is 809. The molecule has 0 aliphatic rings. The largest absolute Gasteiger partial charge is 0.492 e. The van der Waals surface area contributed by atoms with Crippen LogP contribution < -0.4 is 10.1 Å². The molecule has 0 aliphatic carbocycles. The fraction of sp³-hybridized carbons (Fsp3) is 0.188. The van der Waals surface area contributed by atoms with E-state index in [2.05, 4.69) is 5.32 Å². The quantitative estimate of drug-likeness (QED) is 0.603. The molecule has 2 aromatic rings. The molecule has 0 saturated heterocycles. The molecule has 0 unspecified atom stereocenters. The summed E-state index contributed by atoms with van der Waals surface area (Å²) in [5.74, 6) is 0.0817. The van der Waals surface area contributed by atoms with Crippen LogP contribution in [0.2, 0.25) is 10.0 Å². The number of nitro benzene ring substituents is 1. The van der Waals surface area contributed by atoms with Crippen LogP contribution >= 0.6 is 23.2 Å². The minimum atomic E-state index is -0.576. The number of rotatable bonds is 5. The first-order chi connectivity index (χ1) is 11.3. The van der Waals surface area contributed by atoms with Gasteiger partial charge in [-0.2, -0.15) is 0 Å². The van der Waals surface area contributed by atoms with E-state index in [0.717, 1.165) is 0 Å². The van der Waals surface area contributed by atoms with Crippen molar-refractivity contribution in [2.75, 3.05) is 11.9 Å². The van der Waals surface area contributed by atoms with Crippen LogP contribution in [-0.4, -0.2) is 17.4 Å². The third-order valence-electron chi connectivity index (χ3n) is 3.23. The first-order valence-corrected chi connectivity index (χ1v) is 7.77. The number of nitrogens with zero attached hydrogens (tertiary/aromatic N) is 1. The van der Waals surface area contributed by atoms with Crippen molar-refractivity contribution in [3.05, 3.63) is 61.6 Å². The fourth-order valence-corrected chi connectivity index (χ4v) is 2.52. The smallest absolute Gasteiger partial charge is 0.288 e. The van der Waals surface area contributed by atoms with Crippen molar-refractivity contribution in [1.29, 1.82) is 0 Å². The SMILES string of the molecule is CCOc1ccc(C(=O)Nc2cc(Cl)c([N+](=O)[O-])cc2C)cc1Cl. The van der Waals surface area contributed by atoms with Crippen LogP contribution in [0.4, 0.5) is 11.4 Å². The van der Waals surface area contributed by atoms with Crippen molar-refractivity contribution in [2.24, 2.45) is 0 Å². The summed E-state index contributed by atoms with van der Waals surface area (Å²) in [7, 11) is 0. The molecular weight excluding hydrogens is 355 g/mol. The normalized spacial score (nSPS) is 10.3. The lowest BCUT2D eigenvalue weighted by molar-refractivity contribution is -0.384. The lowest BCUT2D eigenvalue weighted by Gasteiger charge is -2.11. The van der Waals surface area contributed by atoms with Crippen LogP contribution in [0.5, 0.6) is 5.75 Å². The zero-order chi connectivity index (χ0) is 17.9. The van der Waals surface area contributed by atoms with Crippen molar-refractivity contribution in [3.8, 4) is 5.75 Å². The molecule has 0 aliphatic heterocycles. The number of aryl methyl sites for hydroxylation is 1. The topological polar surface area (TPSA) is 81.5 Å². The minimum absolute atomic E-state index is 0.0503. The number of ether oxygens (including phenoxy) is 1. The van der Waals surface area contributed by atoms with Gasteiger partial charge in [0.1, 0.15) is 10.8 Å². The maximum Gasteiger partial charge on any atom is 0.288 e. The zero-order valence-corrected chi connectivity index (χ0v) is 14.4. The highest BCUT2D eigenvalue weighted by Gasteiger charge is 2.17. The Balaban J connectivity index is 2.25. The molecule has 1 N–H and O–H groups in total. The number of anilines is 1. The third kappa shape index (κ3) is 3.96. The van der Waals surface area contributed by atoms with Gasteiger partial charge in [-0.15, -0.1) is 0 Å². The maximum absolute atomic E-state index is 12.3. The van der Waals surface area contributed by atoms with E-state index in [1.807, 2.05) is 6.92 Å². The van der Waals surface area contributed by atoms with Gasteiger partial charge >= 0.3 is 0 Å². The molecule has 6 nitrogen and oxygen atoms in total. The van der Waals surface area contributed by atoms with E-state index in [1.165, 1.54) is 18.2 Å². The van der Waals surface area contributed by atoms with Gasteiger partial charge < -0.3 is 10.1 Å². The summed E-state index contributed by atoms with van der Waals surface area (Å²) in [5.41, 5.74) is 1.03. The lowest BCUT2D eigenvalue weighted by Crippen LogP contribution is -2.13. The second-order valence-corrected chi connectivity index (χ2v) is 5.72. The highest BCUT2D eigenvalue weighted by Crippen LogP contribution is 2.31. The third-order valence-corrected chi connectivity index (χ3v) is 3.83. The summed E-state index contributed by atoms with van der Waals surface area (Å²) in [4.78, 5) is 22.6. The Morgan fingerprint density at radius 3 is 2.54 bits per heavy atom. The molecule has 0 aromatic heterocycles. The first kappa shape index (κ1) is 18.0. The highest BCUT2D eigenvalue weighted by molar-refractivity contribution is 6.33. The summed E-state index contributed by atoms with van der Waals surface area (Å²) < 4.78 is 5.32. The molecule has 0 atom stereocenters. The number of carbonyl (C=O) groups is 1. The van der Waals surface area contributed by atoms with Crippen LogP contribution in [0.3, 0.4) is 0 Å². The van der Waals surface area contributed by atoms with E-state index < -0.39 is 10.8 Å². The molecule has 2 aromatic carbocycles. The molecule has 1 amide bonds. The second kappa shape index (κ2) is 7.51. The van der Waals surface area contributed by atoms with Crippen molar-refractivity contribution in [1.82, 2.24) is 0 Å². The number of nitro groups is 1. The Kier molecular flexibility index (Phi) is 5.64. The summed E-state index contributed by atoms with van der Waals surface area (Å²) >= 11 is 11.9. The van der Waals surface area contributed by atoms with E-state index in [9.17, 15) is 14.9 Å². The zero-order valence-electron chi connectivity index (χ0n) is 12.9. The first-order valence-electron chi connectivity index (χ1n) is 7.01. The highest BCUT2D eigenvalue weighted by atomic mass is 35.5. The standard InChI is InChI=1S/C16H14Cl2N2O4/c1-3-24-15-5-4-10(7-12(15)18)16(21)19-13-8-11(17)14(20(22)23)6-9(13)2/h4-8H,3H2,1-2H3,(H,19,21). The number of hydrogen-bond donors (Lipinski definition) is 1. The van der Waals surface area contributed by atoms with E-state index in [0.29, 0.717) is 34.2 Å². The summed E-state index contributed by atoms with van der Waals surface area (Å²) in [6.07, 6.45) is 0. The van der Waals surface area contributed by atoms with Crippen LogP contribution in [0.15, 0.2) is 30.3 Å². The van der Waals surface area contributed by atoms with Gasteiger partial charge in [-0.1, -0.05) is 23.2 Å². The maximum atomic E-state index is 12.3. The van der Waals surface area contributed by atoms with Crippen LogP contribution in [0.1, 0.15) is 22.8 Å². The van der Waals surface area contributed by atoms with Gasteiger partial charge in [0.2, 0.25) is 0 Å². The van der Waals surface area contributed by atoms with Gasteiger partial charge in [0.25, 0.3) is 11.6 Å². The predicted molar refractivity (Wildman–Crippen MR) is 93.4 cm³/mol. The molecule has 0 radical (unpaired) electrons. The number of amides is 1. The average Bonchev–Trinajstić information content (AvgIpc) is 2.52. The fourth-order valence-electron chi connectivity index (χ4n) is 2.05. The van der Waals surface area contributed by atoms with Gasteiger partial charge in [-0.25, -0.2) is 0 Å². The van der Waals surface area contributed by atoms with Crippen molar-refractivity contribution < 1.29 is 14.5 Å². The van der Waals surface area contributed by atoms with Gasteiger partial charge in [0, 0.05) is 17.3 Å². The molecule has 0 spiro atoms. The van der Waals surface area contributed by atoms with Crippen molar-refractivity contribution in [2.45, 2.75) is 13.8 Å². The summed E-state index contributed by atoms with van der Waals surface area (Å²) in [6, 6.07) is 7.33. The van der Waals surface area contributed by atoms with Crippen LogP contribution in [-0.2, 0) is 0 Å². The number of hydrogen-bond acceptors (Lipinski definition) is 4. The van der Waals surface area contributed by atoms with E-state index in [1.54, 1.807) is 19.1 Å². The Morgan fingerprint density at radius 2 is 1.96 bits per heavy atom. The van der Waals surface area contributed by atoms with E-state index in [-0.39, 0.29) is 10.7 Å². The van der Waals surface area contributed by atoms with Crippen LogP contribution in [0, 0.1) is 17.0 Å². The predicted octanol–water partition coefficient (Wildman–Crippen LogP) is 4.86. The number of nitrogens with one attached hydrogen (secondary N) is 1. The van der Waals surface area contributed by atoms with E-state index in [4.69, 9.17) is 27.9 Å². The van der Waals surface area contributed by atoms with Gasteiger partial charge in [0.05, 0.1) is 16.6 Å². The molecule has 24 heavy (non-hydrogen) atoms. The number of benzene rings is 2. The number of carbonyl (C=O) groups excluding carboxylic acids is 1. The summed E-state index contributed by atoms with van der Waals surface area (Å²) in [5, 5.41) is 13.8. The Morgan fingerprint density at radius 1 is 1.25 bits per heavy atom. The molecular formula is C16H14Cl2N2O4. The number of halogens is 2. The monoisotopic (exact) mass is 368 g/mol. The van der Waals surface area contributed by atoms with E-state index >= 15 is 0 Å². The Hall–Kier alpha value is -2.31.